The summed E-state index contributed by atoms with van der Waals surface area (Å²) in [5, 5.41) is 2.46. The largest absolute Gasteiger partial charge is 0.453 e. The smallest absolute Gasteiger partial charge is 0.407 e. The number of carbonyl (C=O) groups is 2. The van der Waals surface area contributed by atoms with Gasteiger partial charge in [-0.2, -0.15) is 0 Å². The van der Waals surface area contributed by atoms with Gasteiger partial charge < -0.3 is 15.0 Å². The van der Waals surface area contributed by atoms with Gasteiger partial charge >= 0.3 is 6.09 Å². The van der Waals surface area contributed by atoms with Crippen molar-refractivity contribution in [3.63, 3.8) is 0 Å². The van der Waals surface area contributed by atoms with Crippen LogP contribution in [0.1, 0.15) is 6.42 Å². The van der Waals surface area contributed by atoms with Gasteiger partial charge in [-0.25, -0.2) is 4.79 Å². The van der Waals surface area contributed by atoms with Crippen LogP contribution in [-0.2, 0) is 9.53 Å². The summed E-state index contributed by atoms with van der Waals surface area (Å²) in [6.07, 6.45) is 0.105. The predicted molar refractivity (Wildman–Crippen MR) is 41.6 cm³/mol. The molecule has 1 fully saturated rings. The van der Waals surface area contributed by atoms with E-state index in [1.807, 2.05) is 0 Å². The third-order valence-corrected chi connectivity index (χ3v) is 1.90. The molecule has 1 unspecified atom stereocenters. The Kier molecular flexibility index (Phi) is 2.52. The molecule has 0 aliphatic carbocycles. The standard InChI is InChI=1S/C7H12N2O3/c1-9-4-3-5(6(9)10)8-7(11)12-2/h5H,3-4H2,1-2H3,(H,8,11). The number of methoxy groups -OCH3 is 1. The van der Waals surface area contributed by atoms with E-state index >= 15 is 0 Å². The summed E-state index contributed by atoms with van der Waals surface area (Å²) in [5.74, 6) is -0.0552. The highest BCUT2D eigenvalue weighted by Crippen LogP contribution is 2.07. The number of nitrogens with one attached hydrogen (secondary N) is 1. The highest BCUT2D eigenvalue weighted by molar-refractivity contribution is 5.87. The zero-order valence-corrected chi connectivity index (χ0v) is 7.16. The Morgan fingerprint density at radius 1 is 1.75 bits per heavy atom. The first-order valence-corrected chi connectivity index (χ1v) is 3.74. The first-order valence-electron chi connectivity index (χ1n) is 3.74. The first kappa shape index (κ1) is 8.83. The van der Waals surface area contributed by atoms with Crippen LogP contribution in [0.2, 0.25) is 0 Å². The van der Waals surface area contributed by atoms with Crippen LogP contribution < -0.4 is 5.32 Å². The second-order valence-corrected chi connectivity index (χ2v) is 2.74. The Morgan fingerprint density at radius 3 is 2.83 bits per heavy atom. The summed E-state index contributed by atoms with van der Waals surface area (Å²) in [6.45, 7) is 0.688. The molecule has 1 aliphatic rings. The van der Waals surface area contributed by atoms with E-state index in [0.29, 0.717) is 13.0 Å². The molecular formula is C7H12N2O3. The van der Waals surface area contributed by atoms with Crippen LogP contribution in [-0.4, -0.2) is 43.6 Å². The average Bonchev–Trinajstić information content (AvgIpc) is 2.36. The topological polar surface area (TPSA) is 58.6 Å². The molecule has 5 heteroatoms. The fourth-order valence-corrected chi connectivity index (χ4v) is 1.16. The fourth-order valence-electron chi connectivity index (χ4n) is 1.16. The summed E-state index contributed by atoms with van der Waals surface area (Å²) >= 11 is 0. The van der Waals surface area contributed by atoms with Gasteiger partial charge in [0.2, 0.25) is 5.91 Å². The maximum absolute atomic E-state index is 11.2. The minimum Gasteiger partial charge on any atom is -0.453 e. The molecule has 2 amide bonds. The quantitative estimate of drug-likeness (QED) is 0.584. The monoisotopic (exact) mass is 172 g/mol. The number of likely N-dealkylation sites (tertiary alicyclic amines) is 1. The molecule has 0 aromatic carbocycles. The van der Waals surface area contributed by atoms with Crippen LogP contribution in [0.15, 0.2) is 0 Å². The van der Waals surface area contributed by atoms with Crippen molar-refractivity contribution in [1.29, 1.82) is 0 Å². The summed E-state index contributed by atoms with van der Waals surface area (Å²) in [6, 6.07) is -0.401. The molecule has 1 rings (SSSR count). The molecule has 0 saturated carbocycles. The number of amides is 2. The number of likely N-dealkylation sites (N-methyl/N-ethyl adjacent to an activating group) is 1. The molecule has 5 nitrogen and oxygen atoms in total. The average molecular weight is 172 g/mol. The summed E-state index contributed by atoms with van der Waals surface area (Å²) < 4.78 is 4.37. The molecule has 0 aromatic heterocycles. The lowest BCUT2D eigenvalue weighted by molar-refractivity contribution is -0.128. The number of carbonyl (C=O) groups excluding carboxylic acids is 2. The van der Waals surface area contributed by atoms with Crippen molar-refractivity contribution >= 4 is 12.0 Å². The maximum atomic E-state index is 11.2. The Labute approximate surface area is 70.7 Å². The summed E-state index contributed by atoms with van der Waals surface area (Å²) in [7, 11) is 2.99. The number of hydrogen-bond donors (Lipinski definition) is 1. The molecule has 0 radical (unpaired) electrons. The van der Waals surface area contributed by atoms with Gasteiger partial charge in [0, 0.05) is 13.6 Å². The van der Waals surface area contributed by atoms with Gasteiger partial charge in [-0.15, -0.1) is 0 Å². The lowest BCUT2D eigenvalue weighted by Gasteiger charge is -2.10. The lowest BCUT2D eigenvalue weighted by Crippen LogP contribution is -2.40. The van der Waals surface area contributed by atoms with E-state index in [1.54, 1.807) is 11.9 Å². The van der Waals surface area contributed by atoms with Crippen molar-refractivity contribution in [3.05, 3.63) is 0 Å². The Morgan fingerprint density at radius 2 is 2.42 bits per heavy atom. The van der Waals surface area contributed by atoms with Crippen LogP contribution in [0.4, 0.5) is 4.79 Å². The van der Waals surface area contributed by atoms with Gasteiger partial charge in [-0.1, -0.05) is 0 Å². The lowest BCUT2D eigenvalue weighted by atomic mass is 10.2. The molecule has 1 heterocycles. The second kappa shape index (κ2) is 3.42. The molecule has 1 atom stereocenters. The van der Waals surface area contributed by atoms with Gasteiger partial charge in [0.25, 0.3) is 0 Å². The zero-order chi connectivity index (χ0) is 9.14. The highest BCUT2D eigenvalue weighted by atomic mass is 16.5. The van der Waals surface area contributed by atoms with Crippen molar-refractivity contribution < 1.29 is 14.3 Å². The van der Waals surface area contributed by atoms with Crippen molar-refractivity contribution in [3.8, 4) is 0 Å². The van der Waals surface area contributed by atoms with Gasteiger partial charge in [-0.3, -0.25) is 4.79 Å². The van der Waals surface area contributed by atoms with E-state index < -0.39 is 12.1 Å². The minimum atomic E-state index is -0.552. The molecule has 68 valence electrons. The molecule has 1 saturated heterocycles. The first-order chi connectivity index (χ1) is 5.65. The van der Waals surface area contributed by atoms with E-state index in [-0.39, 0.29) is 5.91 Å². The number of alkyl carbamates (subject to hydrolysis) is 1. The molecule has 1 aliphatic heterocycles. The normalized spacial score (nSPS) is 22.7. The van der Waals surface area contributed by atoms with E-state index in [2.05, 4.69) is 10.1 Å². The van der Waals surface area contributed by atoms with Gasteiger partial charge in [0.05, 0.1) is 7.11 Å². The number of rotatable bonds is 1. The zero-order valence-electron chi connectivity index (χ0n) is 7.16. The molecular weight excluding hydrogens is 160 g/mol. The van der Waals surface area contributed by atoms with Crippen LogP contribution >= 0.6 is 0 Å². The Bertz CT molecular complexity index is 205. The van der Waals surface area contributed by atoms with E-state index in [0.717, 1.165) is 0 Å². The van der Waals surface area contributed by atoms with Crippen molar-refractivity contribution in [1.82, 2.24) is 10.2 Å². The number of hydrogen-bond acceptors (Lipinski definition) is 3. The predicted octanol–water partition coefficient (Wildman–Crippen LogP) is -0.427. The molecule has 0 spiro atoms. The summed E-state index contributed by atoms with van der Waals surface area (Å²) in [5.41, 5.74) is 0. The van der Waals surface area contributed by atoms with E-state index in [9.17, 15) is 9.59 Å². The van der Waals surface area contributed by atoms with Gasteiger partial charge in [0.15, 0.2) is 0 Å². The van der Waals surface area contributed by atoms with Crippen molar-refractivity contribution in [2.75, 3.05) is 20.7 Å². The van der Waals surface area contributed by atoms with Gasteiger partial charge in [0.1, 0.15) is 6.04 Å². The van der Waals surface area contributed by atoms with Crippen LogP contribution in [0.25, 0.3) is 0 Å². The minimum absolute atomic E-state index is 0.0552. The third-order valence-electron chi connectivity index (χ3n) is 1.90. The second-order valence-electron chi connectivity index (χ2n) is 2.74. The van der Waals surface area contributed by atoms with Crippen molar-refractivity contribution in [2.45, 2.75) is 12.5 Å². The Hall–Kier alpha value is -1.26. The van der Waals surface area contributed by atoms with Crippen LogP contribution in [0.5, 0.6) is 0 Å². The van der Waals surface area contributed by atoms with E-state index in [4.69, 9.17) is 0 Å². The number of nitrogens with zero attached hydrogens (tertiary/aromatic N) is 1. The van der Waals surface area contributed by atoms with E-state index in [1.165, 1.54) is 7.11 Å². The Balaban J connectivity index is 2.44. The van der Waals surface area contributed by atoms with Crippen molar-refractivity contribution in [2.24, 2.45) is 0 Å². The number of ether oxygens (including phenoxy) is 1. The third kappa shape index (κ3) is 1.66. The van der Waals surface area contributed by atoms with Gasteiger partial charge in [-0.05, 0) is 6.42 Å². The van der Waals surface area contributed by atoms with Crippen LogP contribution in [0.3, 0.4) is 0 Å². The van der Waals surface area contributed by atoms with Crippen LogP contribution in [0, 0.1) is 0 Å². The molecule has 1 N–H and O–H groups in total. The maximum Gasteiger partial charge on any atom is 0.407 e. The molecule has 12 heavy (non-hydrogen) atoms. The molecule has 0 aromatic rings. The highest BCUT2D eigenvalue weighted by Gasteiger charge is 2.30. The summed E-state index contributed by atoms with van der Waals surface area (Å²) in [4.78, 5) is 23.5. The molecule has 0 bridgehead atoms. The SMILES string of the molecule is COC(=O)NC1CCN(C)C1=O. The fraction of sp³-hybridized carbons (Fsp3) is 0.714.